The van der Waals surface area contributed by atoms with Crippen molar-refractivity contribution in [1.82, 2.24) is 4.90 Å². The molecule has 2 amide bonds. The Labute approximate surface area is 124 Å². The molecule has 1 fully saturated rings. The number of aliphatic hydroxyl groups excluding tert-OH is 1. The van der Waals surface area contributed by atoms with Crippen LogP contribution >= 0.6 is 11.8 Å². The van der Waals surface area contributed by atoms with Gasteiger partial charge in [0.05, 0.1) is 6.10 Å². The molecular formula is C15H22N2O2S. The van der Waals surface area contributed by atoms with Gasteiger partial charge in [0, 0.05) is 29.6 Å². The fraction of sp³-hybridized carbons (Fsp3) is 0.533. The molecule has 1 aromatic rings. The van der Waals surface area contributed by atoms with Crippen molar-refractivity contribution in [3.63, 3.8) is 0 Å². The summed E-state index contributed by atoms with van der Waals surface area (Å²) in [6.07, 6.45) is 3.61. The van der Waals surface area contributed by atoms with E-state index in [0.717, 1.165) is 25.1 Å². The molecule has 2 rings (SSSR count). The molecule has 1 aromatic carbocycles. The summed E-state index contributed by atoms with van der Waals surface area (Å²) >= 11 is 1.68. The zero-order valence-electron chi connectivity index (χ0n) is 12.0. The van der Waals surface area contributed by atoms with E-state index in [2.05, 4.69) is 5.32 Å². The van der Waals surface area contributed by atoms with Crippen LogP contribution in [0.15, 0.2) is 29.2 Å². The smallest absolute Gasteiger partial charge is 0.321 e. The Hall–Kier alpha value is -1.20. The lowest BCUT2D eigenvalue weighted by molar-refractivity contribution is 0.0766. The summed E-state index contributed by atoms with van der Waals surface area (Å²) in [7, 11) is 0. The molecule has 20 heavy (non-hydrogen) atoms. The van der Waals surface area contributed by atoms with Crippen molar-refractivity contribution in [2.24, 2.45) is 5.92 Å². The van der Waals surface area contributed by atoms with Crippen LogP contribution in [0.4, 0.5) is 10.5 Å². The fourth-order valence-corrected chi connectivity index (χ4v) is 2.87. The van der Waals surface area contributed by atoms with Crippen LogP contribution in [0.1, 0.15) is 19.8 Å². The predicted octanol–water partition coefficient (Wildman–Crippen LogP) is 3.03. The van der Waals surface area contributed by atoms with Gasteiger partial charge in [-0.15, -0.1) is 11.8 Å². The topological polar surface area (TPSA) is 52.6 Å². The van der Waals surface area contributed by atoms with Crippen molar-refractivity contribution in [1.29, 1.82) is 0 Å². The van der Waals surface area contributed by atoms with Gasteiger partial charge in [0.2, 0.25) is 0 Å². The number of hydrogen-bond acceptors (Lipinski definition) is 3. The molecule has 110 valence electrons. The number of hydrogen-bond donors (Lipinski definition) is 2. The number of thioether (sulfide) groups is 1. The molecule has 1 heterocycles. The largest absolute Gasteiger partial charge is 0.393 e. The lowest BCUT2D eigenvalue weighted by Gasteiger charge is -2.34. The molecule has 5 heteroatoms. The van der Waals surface area contributed by atoms with E-state index in [4.69, 9.17) is 0 Å². The second-order valence-corrected chi connectivity index (χ2v) is 6.13. The third kappa shape index (κ3) is 3.90. The number of carbonyl (C=O) groups excluding carboxylic acids is 1. The molecule has 0 aliphatic carbocycles. The highest BCUT2D eigenvalue weighted by Crippen LogP contribution is 2.21. The Balaban J connectivity index is 1.93. The van der Waals surface area contributed by atoms with E-state index in [1.165, 1.54) is 4.90 Å². The first-order valence-corrected chi connectivity index (χ1v) is 8.20. The number of piperidine rings is 1. The Kier molecular flexibility index (Phi) is 5.31. The summed E-state index contributed by atoms with van der Waals surface area (Å²) in [6.45, 7) is 3.19. The summed E-state index contributed by atoms with van der Waals surface area (Å²) in [5, 5.41) is 12.6. The molecule has 1 aliphatic heterocycles. The molecule has 4 nitrogen and oxygen atoms in total. The van der Waals surface area contributed by atoms with Gasteiger partial charge in [0.15, 0.2) is 0 Å². The maximum absolute atomic E-state index is 12.2. The number of nitrogens with zero attached hydrogens (tertiary/aromatic N) is 1. The van der Waals surface area contributed by atoms with Gasteiger partial charge < -0.3 is 15.3 Å². The van der Waals surface area contributed by atoms with E-state index < -0.39 is 0 Å². The van der Waals surface area contributed by atoms with Crippen LogP contribution in [0.3, 0.4) is 0 Å². The van der Waals surface area contributed by atoms with Crippen LogP contribution in [0, 0.1) is 5.92 Å². The highest BCUT2D eigenvalue weighted by molar-refractivity contribution is 7.98. The third-order valence-electron chi connectivity index (χ3n) is 3.77. The number of likely N-dealkylation sites (tertiary alicyclic amines) is 1. The Morgan fingerprint density at radius 3 is 2.75 bits per heavy atom. The lowest BCUT2D eigenvalue weighted by atomic mass is 9.94. The molecule has 0 aromatic heterocycles. The van der Waals surface area contributed by atoms with E-state index in [1.807, 2.05) is 30.5 Å². The molecule has 0 bridgehead atoms. The van der Waals surface area contributed by atoms with Crippen LogP contribution in [0.5, 0.6) is 0 Å². The van der Waals surface area contributed by atoms with E-state index in [9.17, 15) is 9.90 Å². The van der Waals surface area contributed by atoms with Crippen LogP contribution in [-0.2, 0) is 0 Å². The van der Waals surface area contributed by atoms with Crippen molar-refractivity contribution >= 4 is 23.5 Å². The Morgan fingerprint density at radius 2 is 2.15 bits per heavy atom. The van der Waals surface area contributed by atoms with Crippen molar-refractivity contribution in [2.75, 3.05) is 24.7 Å². The average molecular weight is 294 g/mol. The van der Waals surface area contributed by atoms with Gasteiger partial charge in [-0.25, -0.2) is 4.79 Å². The lowest BCUT2D eigenvalue weighted by Crippen LogP contribution is -2.44. The maximum Gasteiger partial charge on any atom is 0.321 e. The SMILES string of the molecule is CSc1ccc(NC(=O)N2CCCC(C(C)O)C2)cc1. The number of rotatable bonds is 3. The van der Waals surface area contributed by atoms with E-state index >= 15 is 0 Å². The third-order valence-corrected chi connectivity index (χ3v) is 4.51. The monoisotopic (exact) mass is 294 g/mol. The van der Waals surface area contributed by atoms with Crippen molar-refractivity contribution in [3.05, 3.63) is 24.3 Å². The second-order valence-electron chi connectivity index (χ2n) is 5.25. The van der Waals surface area contributed by atoms with Gasteiger partial charge >= 0.3 is 6.03 Å². The molecule has 0 spiro atoms. The summed E-state index contributed by atoms with van der Waals surface area (Å²) in [5.74, 6) is 0.188. The van der Waals surface area contributed by atoms with Crippen LogP contribution < -0.4 is 5.32 Å². The normalized spacial score (nSPS) is 20.6. The number of nitrogens with one attached hydrogen (secondary N) is 1. The first kappa shape index (κ1) is 15.2. The highest BCUT2D eigenvalue weighted by Gasteiger charge is 2.26. The standard InChI is InChI=1S/C15H22N2O2S/c1-11(18)12-4-3-9-17(10-12)15(19)16-13-5-7-14(20-2)8-6-13/h5-8,11-12,18H,3-4,9-10H2,1-2H3,(H,16,19). The number of aliphatic hydroxyl groups is 1. The number of amides is 2. The second kappa shape index (κ2) is 6.99. The summed E-state index contributed by atoms with van der Waals surface area (Å²) < 4.78 is 0. The van der Waals surface area contributed by atoms with Gasteiger partial charge in [0.1, 0.15) is 0 Å². The van der Waals surface area contributed by atoms with Gasteiger partial charge in [0.25, 0.3) is 0 Å². The summed E-state index contributed by atoms with van der Waals surface area (Å²) in [6, 6.07) is 7.75. The summed E-state index contributed by atoms with van der Waals surface area (Å²) in [5.41, 5.74) is 0.812. The molecule has 2 atom stereocenters. The molecule has 1 aliphatic rings. The molecule has 2 N–H and O–H groups in total. The molecule has 2 unspecified atom stereocenters. The molecular weight excluding hydrogens is 272 g/mol. The van der Waals surface area contributed by atoms with Crippen molar-refractivity contribution in [3.8, 4) is 0 Å². The number of carbonyl (C=O) groups is 1. The van der Waals surface area contributed by atoms with Crippen LogP contribution in [0.25, 0.3) is 0 Å². The van der Waals surface area contributed by atoms with Crippen molar-refractivity contribution in [2.45, 2.75) is 30.8 Å². The van der Waals surface area contributed by atoms with Gasteiger partial charge in [-0.05, 0) is 50.3 Å². The fourth-order valence-electron chi connectivity index (χ4n) is 2.47. The van der Waals surface area contributed by atoms with Crippen molar-refractivity contribution < 1.29 is 9.90 Å². The minimum atomic E-state index is -0.355. The maximum atomic E-state index is 12.2. The molecule has 0 saturated carbocycles. The van der Waals surface area contributed by atoms with E-state index in [-0.39, 0.29) is 18.1 Å². The zero-order chi connectivity index (χ0) is 14.5. The highest BCUT2D eigenvalue weighted by atomic mass is 32.2. The minimum Gasteiger partial charge on any atom is -0.393 e. The minimum absolute atomic E-state index is 0.0766. The Bertz CT molecular complexity index is 448. The van der Waals surface area contributed by atoms with Gasteiger partial charge in [-0.1, -0.05) is 0 Å². The number of benzene rings is 1. The zero-order valence-corrected chi connectivity index (χ0v) is 12.8. The van der Waals surface area contributed by atoms with Gasteiger partial charge in [-0.2, -0.15) is 0 Å². The number of urea groups is 1. The molecule has 0 radical (unpaired) electrons. The van der Waals surface area contributed by atoms with Crippen LogP contribution in [-0.4, -0.2) is 41.5 Å². The van der Waals surface area contributed by atoms with Crippen LogP contribution in [0.2, 0.25) is 0 Å². The van der Waals surface area contributed by atoms with Gasteiger partial charge in [-0.3, -0.25) is 0 Å². The predicted molar refractivity (Wildman–Crippen MR) is 83.2 cm³/mol. The quantitative estimate of drug-likeness (QED) is 0.843. The summed E-state index contributed by atoms with van der Waals surface area (Å²) in [4.78, 5) is 15.2. The average Bonchev–Trinajstić information content (AvgIpc) is 2.48. The first-order chi connectivity index (χ1) is 9.60. The number of anilines is 1. The Morgan fingerprint density at radius 1 is 1.45 bits per heavy atom. The van der Waals surface area contributed by atoms with E-state index in [1.54, 1.807) is 23.6 Å². The van der Waals surface area contributed by atoms with E-state index in [0.29, 0.717) is 6.54 Å². The first-order valence-electron chi connectivity index (χ1n) is 6.98. The molecule has 1 saturated heterocycles.